The first-order valence-corrected chi connectivity index (χ1v) is 8.62. The predicted octanol–water partition coefficient (Wildman–Crippen LogP) is 2.26. The molecule has 0 saturated heterocycles. The molecule has 136 valence electrons. The van der Waals surface area contributed by atoms with Crippen molar-refractivity contribution in [1.29, 1.82) is 0 Å². The summed E-state index contributed by atoms with van der Waals surface area (Å²) in [6, 6.07) is 8.75. The highest BCUT2D eigenvalue weighted by atomic mass is 32.1. The minimum absolute atomic E-state index is 0.0467. The van der Waals surface area contributed by atoms with Gasteiger partial charge in [-0.15, -0.1) is 11.3 Å². The van der Waals surface area contributed by atoms with Gasteiger partial charge in [0.05, 0.1) is 0 Å². The Morgan fingerprint density at radius 2 is 2.15 bits per heavy atom. The number of carbonyl (C=O) groups is 2. The van der Waals surface area contributed by atoms with Crippen molar-refractivity contribution in [1.82, 2.24) is 19.9 Å². The molecule has 9 nitrogen and oxygen atoms in total. The number of nitrogens with zero attached hydrogens (tertiary/aromatic N) is 3. The summed E-state index contributed by atoms with van der Waals surface area (Å²) in [5.41, 5.74) is -0.139. The van der Waals surface area contributed by atoms with Gasteiger partial charge in [-0.25, -0.2) is 4.98 Å². The molecular weight excluding hydrogens is 372 g/mol. The maximum Gasteiger partial charge on any atom is 0.322 e. The summed E-state index contributed by atoms with van der Waals surface area (Å²) in [5, 5.41) is 28.1. The Morgan fingerprint density at radius 3 is 2.96 bits per heavy atom. The van der Waals surface area contributed by atoms with Crippen LogP contribution in [0, 0.1) is 0 Å². The lowest BCUT2D eigenvalue weighted by Gasteiger charge is -2.12. The third-order valence-electron chi connectivity index (χ3n) is 3.79. The van der Waals surface area contributed by atoms with Crippen LogP contribution >= 0.6 is 11.3 Å². The second kappa shape index (κ2) is 6.57. The number of carbonyl (C=O) groups excluding carboxylic acids is 1. The summed E-state index contributed by atoms with van der Waals surface area (Å²) < 4.78 is 8.22. The third-order valence-corrected chi connectivity index (χ3v) is 4.68. The molecule has 0 aliphatic rings. The number of carboxylic acids is 1. The quantitative estimate of drug-likeness (QED) is 0.482. The summed E-state index contributed by atoms with van der Waals surface area (Å²) in [4.78, 5) is 26.9. The maximum atomic E-state index is 12.2. The molecule has 0 aliphatic heterocycles. The average molecular weight is 384 g/mol. The van der Waals surface area contributed by atoms with E-state index in [1.807, 2.05) is 23.6 Å². The maximum absolute atomic E-state index is 12.2. The van der Waals surface area contributed by atoms with Crippen LogP contribution in [-0.4, -0.2) is 43.2 Å². The lowest BCUT2D eigenvalue weighted by atomic mass is 10.2. The number of hydrogen-bond acceptors (Lipinski definition) is 7. The smallest absolute Gasteiger partial charge is 0.322 e. The van der Waals surface area contributed by atoms with Crippen molar-refractivity contribution in [3.8, 4) is 17.4 Å². The number of thiophene rings is 1. The van der Waals surface area contributed by atoms with Crippen molar-refractivity contribution in [2.75, 3.05) is 6.54 Å². The van der Waals surface area contributed by atoms with Crippen LogP contribution in [0.2, 0.25) is 0 Å². The molecule has 10 heteroatoms. The molecule has 4 rings (SSSR count). The highest BCUT2D eigenvalue weighted by Crippen LogP contribution is 2.35. The number of amides is 1. The van der Waals surface area contributed by atoms with Crippen LogP contribution in [0.25, 0.3) is 15.7 Å². The number of aromatic hydroxyl groups is 1. The molecule has 1 aromatic carbocycles. The van der Waals surface area contributed by atoms with E-state index in [9.17, 15) is 14.7 Å². The molecule has 0 bridgehead atoms. The summed E-state index contributed by atoms with van der Waals surface area (Å²) in [7, 11) is 0. The first-order chi connectivity index (χ1) is 13.0. The minimum atomic E-state index is -1.20. The molecule has 0 saturated carbocycles. The Labute approximate surface area is 155 Å². The summed E-state index contributed by atoms with van der Waals surface area (Å²) >= 11 is 1.57. The number of carboxylic acid groups (broad SMARTS) is 1. The van der Waals surface area contributed by atoms with E-state index in [-0.39, 0.29) is 17.1 Å². The Bertz CT molecular complexity index is 1180. The minimum Gasteiger partial charge on any atom is -0.507 e. The van der Waals surface area contributed by atoms with Gasteiger partial charge in [-0.2, -0.15) is 9.61 Å². The van der Waals surface area contributed by atoms with E-state index in [0.29, 0.717) is 5.75 Å². The van der Waals surface area contributed by atoms with Crippen LogP contribution in [0.3, 0.4) is 0 Å². The number of aliphatic carboxylic acids is 1. The molecule has 0 radical (unpaired) electrons. The van der Waals surface area contributed by atoms with Gasteiger partial charge in [0.1, 0.15) is 29.9 Å². The molecule has 3 aromatic heterocycles. The van der Waals surface area contributed by atoms with Crippen molar-refractivity contribution in [2.24, 2.45) is 0 Å². The number of nitrogens with one attached hydrogen (secondary N) is 1. The van der Waals surface area contributed by atoms with Gasteiger partial charge < -0.3 is 20.3 Å². The molecular formula is C17H12N4O5S. The van der Waals surface area contributed by atoms with Crippen LogP contribution in [0.1, 0.15) is 10.4 Å². The normalized spacial score (nSPS) is 11.0. The largest absolute Gasteiger partial charge is 0.507 e. The van der Waals surface area contributed by atoms with Crippen molar-refractivity contribution in [3.63, 3.8) is 0 Å². The van der Waals surface area contributed by atoms with E-state index in [2.05, 4.69) is 15.4 Å². The fourth-order valence-corrected chi connectivity index (χ4v) is 3.44. The highest BCUT2D eigenvalue weighted by Gasteiger charge is 2.22. The van der Waals surface area contributed by atoms with E-state index in [1.54, 1.807) is 17.4 Å². The average Bonchev–Trinajstić information content (AvgIpc) is 3.29. The predicted molar refractivity (Wildman–Crippen MR) is 96.5 cm³/mol. The molecule has 27 heavy (non-hydrogen) atoms. The zero-order valence-electron chi connectivity index (χ0n) is 13.6. The van der Waals surface area contributed by atoms with Crippen molar-refractivity contribution in [2.45, 2.75) is 0 Å². The van der Waals surface area contributed by atoms with Crippen LogP contribution in [0.4, 0.5) is 0 Å². The first kappa shape index (κ1) is 16.8. The van der Waals surface area contributed by atoms with Gasteiger partial charge >= 0.3 is 5.97 Å². The zero-order chi connectivity index (χ0) is 19.0. The van der Waals surface area contributed by atoms with Gasteiger partial charge in [0.2, 0.25) is 5.88 Å². The number of aromatic nitrogens is 3. The van der Waals surface area contributed by atoms with E-state index < -0.39 is 24.2 Å². The van der Waals surface area contributed by atoms with Gasteiger partial charge in [0, 0.05) is 16.2 Å². The van der Waals surface area contributed by atoms with E-state index in [0.717, 1.165) is 10.1 Å². The fraction of sp³-hybridized carbons (Fsp3) is 0.0588. The SMILES string of the molecule is O=C(O)CNC(=O)c1c(O)cc(Oc2cccc3sccc23)n2ncnc12. The van der Waals surface area contributed by atoms with Gasteiger partial charge in [-0.1, -0.05) is 6.07 Å². The summed E-state index contributed by atoms with van der Waals surface area (Å²) in [6.45, 7) is -0.586. The Balaban J connectivity index is 1.76. The molecule has 4 aromatic rings. The second-order valence-corrected chi connectivity index (χ2v) is 6.45. The standard InChI is InChI=1S/C17H12N4O5S/c22-10-6-13(26-11-2-1-3-12-9(11)4-5-27-12)21-16(19-8-20-21)15(10)17(25)18-7-14(23)24/h1-6,8,22H,7H2,(H,18,25)(H,23,24). The van der Waals surface area contributed by atoms with Crippen molar-refractivity contribution in [3.05, 3.63) is 47.6 Å². The number of fused-ring (bicyclic) bond motifs is 2. The lowest BCUT2D eigenvalue weighted by Crippen LogP contribution is -2.29. The number of ether oxygens (including phenoxy) is 1. The molecule has 3 N–H and O–H groups in total. The molecule has 0 unspecified atom stereocenters. The van der Waals surface area contributed by atoms with E-state index in [1.165, 1.54) is 16.9 Å². The van der Waals surface area contributed by atoms with Crippen LogP contribution in [0.15, 0.2) is 42.0 Å². The van der Waals surface area contributed by atoms with Gasteiger partial charge in [0.25, 0.3) is 5.91 Å². The fourth-order valence-electron chi connectivity index (χ4n) is 2.64. The van der Waals surface area contributed by atoms with Crippen molar-refractivity contribution < 1.29 is 24.5 Å². The first-order valence-electron chi connectivity index (χ1n) is 7.74. The zero-order valence-corrected chi connectivity index (χ0v) is 14.4. The topological polar surface area (TPSA) is 126 Å². The van der Waals surface area contributed by atoms with Crippen molar-refractivity contribution >= 4 is 38.9 Å². The number of pyridine rings is 1. The van der Waals surface area contributed by atoms with Gasteiger partial charge in [-0.05, 0) is 23.6 Å². The monoisotopic (exact) mass is 384 g/mol. The Kier molecular flexibility index (Phi) is 4.09. The van der Waals surface area contributed by atoms with Crippen LogP contribution < -0.4 is 10.1 Å². The summed E-state index contributed by atoms with van der Waals surface area (Å²) in [5.74, 6) is -1.66. The molecule has 3 heterocycles. The number of hydrogen-bond donors (Lipinski definition) is 3. The molecule has 0 spiro atoms. The summed E-state index contributed by atoms with van der Waals surface area (Å²) in [6.07, 6.45) is 1.21. The molecule has 0 fully saturated rings. The number of rotatable bonds is 5. The van der Waals surface area contributed by atoms with Gasteiger partial charge in [-0.3, -0.25) is 9.59 Å². The Hall–Kier alpha value is -3.66. The Morgan fingerprint density at radius 1 is 1.30 bits per heavy atom. The van der Waals surface area contributed by atoms with E-state index >= 15 is 0 Å². The molecule has 1 amide bonds. The van der Waals surface area contributed by atoms with Gasteiger partial charge in [0.15, 0.2) is 5.65 Å². The molecule has 0 aliphatic carbocycles. The third kappa shape index (κ3) is 3.02. The second-order valence-electron chi connectivity index (χ2n) is 5.51. The van der Waals surface area contributed by atoms with E-state index in [4.69, 9.17) is 9.84 Å². The van der Waals surface area contributed by atoms with Crippen LogP contribution in [-0.2, 0) is 4.79 Å². The number of benzene rings is 1. The molecule has 0 atom stereocenters. The highest BCUT2D eigenvalue weighted by molar-refractivity contribution is 7.17. The lowest BCUT2D eigenvalue weighted by molar-refractivity contribution is -0.135. The van der Waals surface area contributed by atoms with Crippen LogP contribution in [0.5, 0.6) is 17.4 Å².